The highest BCUT2D eigenvalue weighted by atomic mass is 16.2. The van der Waals surface area contributed by atoms with Gasteiger partial charge in [0.05, 0.1) is 12.6 Å². The van der Waals surface area contributed by atoms with Crippen LogP contribution in [0.5, 0.6) is 0 Å². The van der Waals surface area contributed by atoms with Crippen LogP contribution in [0.3, 0.4) is 0 Å². The molecule has 7 nitrogen and oxygen atoms in total. The zero-order valence-electron chi connectivity index (χ0n) is 15.6. The first-order valence-electron chi connectivity index (χ1n) is 9.58. The lowest BCUT2D eigenvalue weighted by atomic mass is 10.1. The van der Waals surface area contributed by atoms with E-state index < -0.39 is 0 Å². The van der Waals surface area contributed by atoms with Gasteiger partial charge in [-0.1, -0.05) is 6.07 Å². The fraction of sp³-hybridized carbons (Fsp3) is 0.450. The molecule has 0 aliphatic carbocycles. The van der Waals surface area contributed by atoms with Crippen LogP contribution in [0.25, 0.3) is 0 Å². The summed E-state index contributed by atoms with van der Waals surface area (Å²) in [6.45, 7) is 4.17. The number of aryl methyl sites for hydroxylation is 1. The van der Waals surface area contributed by atoms with E-state index in [4.69, 9.17) is 0 Å². The smallest absolute Gasteiger partial charge is 0.320 e. The summed E-state index contributed by atoms with van der Waals surface area (Å²) in [5.41, 5.74) is 2.61. The van der Waals surface area contributed by atoms with Crippen molar-refractivity contribution in [1.29, 1.82) is 0 Å². The average Bonchev–Trinajstić information content (AvgIpc) is 3.40. The Morgan fingerprint density at radius 2 is 2.19 bits per heavy atom. The van der Waals surface area contributed by atoms with Crippen molar-refractivity contribution in [3.8, 4) is 0 Å². The van der Waals surface area contributed by atoms with Gasteiger partial charge < -0.3 is 15.1 Å². The van der Waals surface area contributed by atoms with Gasteiger partial charge in [0.15, 0.2) is 0 Å². The quantitative estimate of drug-likeness (QED) is 0.903. The van der Waals surface area contributed by atoms with Crippen LogP contribution in [0.4, 0.5) is 16.2 Å². The minimum Gasteiger partial charge on any atom is -0.320 e. The average molecular weight is 367 g/mol. The number of urea groups is 1. The molecule has 4 rings (SSSR count). The summed E-state index contributed by atoms with van der Waals surface area (Å²) < 4.78 is 1.88. The second-order valence-electron chi connectivity index (χ2n) is 7.30. The van der Waals surface area contributed by atoms with E-state index in [1.807, 2.05) is 47.0 Å². The molecule has 0 bridgehead atoms. The number of anilines is 2. The van der Waals surface area contributed by atoms with Crippen molar-refractivity contribution in [2.45, 2.75) is 45.2 Å². The highest BCUT2D eigenvalue weighted by Crippen LogP contribution is 2.28. The summed E-state index contributed by atoms with van der Waals surface area (Å²) in [6, 6.07) is 7.78. The molecule has 1 unspecified atom stereocenters. The molecule has 2 saturated heterocycles. The van der Waals surface area contributed by atoms with Gasteiger partial charge >= 0.3 is 6.03 Å². The number of carbonyl (C=O) groups excluding carboxylic acids is 2. The van der Waals surface area contributed by atoms with E-state index in [2.05, 4.69) is 10.4 Å². The van der Waals surface area contributed by atoms with Crippen molar-refractivity contribution in [3.05, 3.63) is 42.2 Å². The lowest BCUT2D eigenvalue weighted by Gasteiger charge is -2.26. The van der Waals surface area contributed by atoms with Crippen LogP contribution in [0.15, 0.2) is 36.7 Å². The van der Waals surface area contributed by atoms with Crippen LogP contribution in [-0.2, 0) is 11.3 Å². The first-order valence-corrected chi connectivity index (χ1v) is 9.58. The van der Waals surface area contributed by atoms with Gasteiger partial charge in [0.2, 0.25) is 5.91 Å². The largest absolute Gasteiger partial charge is 0.322 e. The van der Waals surface area contributed by atoms with E-state index in [-0.39, 0.29) is 18.0 Å². The molecule has 0 spiro atoms. The summed E-state index contributed by atoms with van der Waals surface area (Å²) >= 11 is 0. The molecule has 2 aromatic rings. The molecule has 2 aliphatic heterocycles. The number of hydrogen-bond acceptors (Lipinski definition) is 3. The van der Waals surface area contributed by atoms with Crippen molar-refractivity contribution in [1.82, 2.24) is 14.7 Å². The monoisotopic (exact) mass is 367 g/mol. The van der Waals surface area contributed by atoms with Gasteiger partial charge in [-0.15, -0.1) is 0 Å². The van der Waals surface area contributed by atoms with Gasteiger partial charge in [-0.3, -0.25) is 9.48 Å². The third kappa shape index (κ3) is 3.67. The van der Waals surface area contributed by atoms with Gasteiger partial charge in [-0.2, -0.15) is 5.10 Å². The molecule has 0 radical (unpaired) electrons. The normalized spacial score (nSPS) is 19.7. The Balaban J connectivity index is 1.47. The second-order valence-corrected chi connectivity index (χ2v) is 7.30. The van der Waals surface area contributed by atoms with Crippen molar-refractivity contribution >= 4 is 23.3 Å². The molecule has 142 valence electrons. The standard InChI is InChI=1S/C20H25N5O2/c1-15-7-8-16(24-11-3-6-19(24)26)13-18(15)22-20(27)25-12-2-5-17(25)14-23-10-4-9-21-23/h4,7-10,13,17H,2-3,5-6,11-12,14H2,1H3,(H,22,27). The number of aromatic nitrogens is 2. The third-order valence-corrected chi connectivity index (χ3v) is 5.44. The van der Waals surface area contributed by atoms with Crippen LogP contribution in [0.1, 0.15) is 31.2 Å². The predicted molar refractivity (Wildman–Crippen MR) is 104 cm³/mol. The molecule has 7 heteroatoms. The molecule has 27 heavy (non-hydrogen) atoms. The Hall–Kier alpha value is -2.83. The molecule has 3 amide bonds. The summed E-state index contributed by atoms with van der Waals surface area (Å²) in [4.78, 5) is 28.6. The molecular formula is C20H25N5O2. The van der Waals surface area contributed by atoms with E-state index in [1.54, 1.807) is 11.1 Å². The maximum absolute atomic E-state index is 12.9. The lowest BCUT2D eigenvalue weighted by Crippen LogP contribution is -2.41. The van der Waals surface area contributed by atoms with E-state index in [0.717, 1.165) is 49.3 Å². The fourth-order valence-electron chi connectivity index (χ4n) is 3.94. The molecule has 1 aromatic heterocycles. The van der Waals surface area contributed by atoms with Crippen LogP contribution >= 0.6 is 0 Å². The summed E-state index contributed by atoms with van der Waals surface area (Å²) in [5, 5.41) is 7.32. The molecule has 2 fully saturated rings. The van der Waals surface area contributed by atoms with Crippen molar-refractivity contribution in [2.24, 2.45) is 0 Å². The number of rotatable bonds is 4. The molecular weight excluding hydrogens is 342 g/mol. The summed E-state index contributed by atoms with van der Waals surface area (Å²) in [6.07, 6.45) is 7.15. The number of nitrogens with zero attached hydrogens (tertiary/aromatic N) is 4. The highest BCUT2D eigenvalue weighted by Gasteiger charge is 2.29. The number of benzene rings is 1. The van der Waals surface area contributed by atoms with Crippen LogP contribution in [0, 0.1) is 6.92 Å². The minimum atomic E-state index is -0.0855. The van der Waals surface area contributed by atoms with Gasteiger partial charge in [0.1, 0.15) is 0 Å². The lowest BCUT2D eigenvalue weighted by molar-refractivity contribution is -0.117. The zero-order chi connectivity index (χ0) is 18.8. The van der Waals surface area contributed by atoms with Crippen molar-refractivity contribution in [2.75, 3.05) is 23.3 Å². The topological polar surface area (TPSA) is 70.5 Å². The van der Waals surface area contributed by atoms with Crippen molar-refractivity contribution < 1.29 is 9.59 Å². The number of nitrogens with one attached hydrogen (secondary N) is 1. The van der Waals surface area contributed by atoms with Crippen LogP contribution in [-0.4, -0.2) is 45.8 Å². The predicted octanol–water partition coefficient (Wildman–Crippen LogP) is 3.01. The Morgan fingerprint density at radius 1 is 1.30 bits per heavy atom. The van der Waals surface area contributed by atoms with E-state index in [0.29, 0.717) is 13.0 Å². The molecule has 1 N–H and O–H groups in total. The molecule has 3 heterocycles. The second kappa shape index (κ2) is 7.42. The number of amides is 3. The Labute approximate surface area is 158 Å². The molecule has 0 saturated carbocycles. The van der Waals surface area contributed by atoms with Crippen molar-refractivity contribution in [3.63, 3.8) is 0 Å². The molecule has 1 atom stereocenters. The van der Waals surface area contributed by atoms with E-state index in [1.165, 1.54) is 0 Å². The van der Waals surface area contributed by atoms with Gasteiger partial charge in [-0.25, -0.2) is 4.79 Å². The van der Waals surface area contributed by atoms with E-state index >= 15 is 0 Å². The summed E-state index contributed by atoms with van der Waals surface area (Å²) in [5.74, 6) is 0.148. The van der Waals surface area contributed by atoms with Gasteiger partial charge in [-0.05, 0) is 49.9 Å². The number of carbonyl (C=O) groups is 2. The van der Waals surface area contributed by atoms with Gasteiger partial charge in [0, 0.05) is 43.3 Å². The minimum absolute atomic E-state index is 0.0855. The first kappa shape index (κ1) is 17.6. The maximum atomic E-state index is 12.9. The number of hydrogen-bond donors (Lipinski definition) is 1. The van der Waals surface area contributed by atoms with Crippen LogP contribution in [0.2, 0.25) is 0 Å². The molecule has 2 aliphatic rings. The first-order chi connectivity index (χ1) is 13.1. The Morgan fingerprint density at radius 3 is 2.93 bits per heavy atom. The highest BCUT2D eigenvalue weighted by molar-refractivity contribution is 5.97. The van der Waals surface area contributed by atoms with Crippen LogP contribution < -0.4 is 10.2 Å². The maximum Gasteiger partial charge on any atom is 0.322 e. The zero-order valence-corrected chi connectivity index (χ0v) is 15.6. The fourth-order valence-corrected chi connectivity index (χ4v) is 3.94. The third-order valence-electron chi connectivity index (χ3n) is 5.44. The Kier molecular flexibility index (Phi) is 4.83. The summed E-state index contributed by atoms with van der Waals surface area (Å²) in [7, 11) is 0. The van der Waals surface area contributed by atoms with E-state index in [9.17, 15) is 9.59 Å². The molecule has 1 aromatic carbocycles. The Bertz CT molecular complexity index is 833. The number of likely N-dealkylation sites (tertiary alicyclic amines) is 1. The van der Waals surface area contributed by atoms with Gasteiger partial charge in [0.25, 0.3) is 0 Å². The SMILES string of the molecule is Cc1ccc(N2CCCC2=O)cc1NC(=O)N1CCCC1Cn1cccn1.